The molecule has 21 heavy (non-hydrogen) atoms. The number of aliphatic hydroxyl groups excluding tert-OH is 1. The van der Waals surface area contributed by atoms with E-state index in [-0.39, 0.29) is 28.8 Å². The number of amides is 1. The second-order valence-corrected chi connectivity index (χ2v) is 7.66. The lowest BCUT2D eigenvalue weighted by Gasteiger charge is -2.21. The Labute approximate surface area is 129 Å². The molecule has 1 aromatic rings. The van der Waals surface area contributed by atoms with Gasteiger partial charge in [-0.05, 0) is 31.2 Å². The van der Waals surface area contributed by atoms with Gasteiger partial charge in [0.25, 0.3) is 5.91 Å². The second kappa shape index (κ2) is 6.87. The Morgan fingerprint density at radius 2 is 2.10 bits per heavy atom. The van der Waals surface area contributed by atoms with Crippen LogP contribution in [0, 0.1) is 0 Å². The number of thiophene rings is 1. The maximum Gasteiger partial charge on any atom is 0.265 e. The van der Waals surface area contributed by atoms with E-state index < -0.39 is 10.0 Å². The standard InChI is InChI=1S/C13H20N2O4S2/c1-2-14(8-9-16)13(17)12-11(5-10-20-12)21(18,19)15-6-3-4-7-15/h5,10,16H,2-4,6-9H2,1H3. The van der Waals surface area contributed by atoms with Crippen LogP contribution in [0.4, 0.5) is 0 Å². The first-order valence-corrected chi connectivity index (χ1v) is 9.32. The molecule has 0 aliphatic carbocycles. The number of hydrogen-bond donors (Lipinski definition) is 1. The first-order chi connectivity index (χ1) is 10.0. The molecule has 1 aromatic heterocycles. The molecule has 118 valence electrons. The maximum absolute atomic E-state index is 12.6. The zero-order valence-corrected chi connectivity index (χ0v) is 13.6. The van der Waals surface area contributed by atoms with E-state index in [1.807, 2.05) is 0 Å². The average molecular weight is 332 g/mol. The number of carbonyl (C=O) groups excluding carboxylic acids is 1. The van der Waals surface area contributed by atoms with Gasteiger partial charge in [0.2, 0.25) is 10.0 Å². The molecule has 0 saturated carbocycles. The Morgan fingerprint density at radius 1 is 1.43 bits per heavy atom. The zero-order valence-electron chi connectivity index (χ0n) is 12.0. The molecule has 6 nitrogen and oxygen atoms in total. The van der Waals surface area contributed by atoms with Crippen LogP contribution in [0.3, 0.4) is 0 Å². The Bertz CT molecular complexity index is 591. The summed E-state index contributed by atoms with van der Waals surface area (Å²) >= 11 is 1.13. The van der Waals surface area contributed by atoms with E-state index in [0.717, 1.165) is 24.2 Å². The van der Waals surface area contributed by atoms with Crippen molar-refractivity contribution in [2.75, 3.05) is 32.8 Å². The number of rotatable bonds is 6. The van der Waals surface area contributed by atoms with Crippen LogP contribution in [0.5, 0.6) is 0 Å². The second-order valence-electron chi connectivity index (χ2n) is 4.83. The largest absolute Gasteiger partial charge is 0.395 e. The first kappa shape index (κ1) is 16.4. The fourth-order valence-corrected chi connectivity index (χ4v) is 5.27. The van der Waals surface area contributed by atoms with E-state index in [2.05, 4.69) is 0 Å². The minimum atomic E-state index is -3.59. The smallest absolute Gasteiger partial charge is 0.265 e. The molecule has 1 aliphatic rings. The van der Waals surface area contributed by atoms with Gasteiger partial charge in [-0.2, -0.15) is 4.31 Å². The van der Waals surface area contributed by atoms with Crippen LogP contribution in [0.2, 0.25) is 0 Å². The molecule has 1 aliphatic heterocycles. The van der Waals surface area contributed by atoms with E-state index in [1.165, 1.54) is 15.3 Å². The molecule has 0 bridgehead atoms. The van der Waals surface area contributed by atoms with Crippen LogP contribution in [-0.2, 0) is 10.0 Å². The topological polar surface area (TPSA) is 77.9 Å². The summed E-state index contributed by atoms with van der Waals surface area (Å²) in [5.41, 5.74) is 0. The summed E-state index contributed by atoms with van der Waals surface area (Å²) in [6, 6.07) is 1.50. The van der Waals surface area contributed by atoms with E-state index in [9.17, 15) is 13.2 Å². The molecule has 8 heteroatoms. The molecule has 0 unspecified atom stereocenters. The zero-order chi connectivity index (χ0) is 15.5. The van der Waals surface area contributed by atoms with Gasteiger partial charge in [0, 0.05) is 26.2 Å². The van der Waals surface area contributed by atoms with Gasteiger partial charge in [-0.3, -0.25) is 4.79 Å². The molecular weight excluding hydrogens is 312 g/mol. The van der Waals surface area contributed by atoms with Gasteiger partial charge in [0.1, 0.15) is 9.77 Å². The van der Waals surface area contributed by atoms with Crippen molar-refractivity contribution in [1.29, 1.82) is 0 Å². The van der Waals surface area contributed by atoms with Crippen molar-refractivity contribution >= 4 is 27.3 Å². The average Bonchev–Trinajstić information content (AvgIpc) is 3.14. The molecular formula is C13H20N2O4S2. The fraction of sp³-hybridized carbons (Fsp3) is 0.615. The summed E-state index contributed by atoms with van der Waals surface area (Å²) in [6.07, 6.45) is 1.72. The third kappa shape index (κ3) is 3.28. The summed E-state index contributed by atoms with van der Waals surface area (Å²) < 4.78 is 26.6. The highest BCUT2D eigenvalue weighted by atomic mass is 32.2. The number of sulfonamides is 1. The monoisotopic (exact) mass is 332 g/mol. The summed E-state index contributed by atoms with van der Waals surface area (Å²) in [5.74, 6) is -0.334. The molecule has 1 fully saturated rings. The number of aliphatic hydroxyl groups is 1. The van der Waals surface area contributed by atoms with Gasteiger partial charge in [-0.1, -0.05) is 0 Å². The molecule has 1 saturated heterocycles. The number of likely N-dealkylation sites (N-methyl/N-ethyl adjacent to an activating group) is 1. The highest BCUT2D eigenvalue weighted by Crippen LogP contribution is 2.28. The molecule has 0 aromatic carbocycles. The van der Waals surface area contributed by atoms with Crippen molar-refractivity contribution in [3.05, 3.63) is 16.3 Å². The minimum Gasteiger partial charge on any atom is -0.395 e. The van der Waals surface area contributed by atoms with Gasteiger partial charge >= 0.3 is 0 Å². The van der Waals surface area contributed by atoms with E-state index >= 15 is 0 Å². The van der Waals surface area contributed by atoms with Crippen molar-refractivity contribution in [3.63, 3.8) is 0 Å². The van der Waals surface area contributed by atoms with Crippen molar-refractivity contribution in [1.82, 2.24) is 9.21 Å². The molecule has 2 rings (SSSR count). The van der Waals surface area contributed by atoms with Crippen molar-refractivity contribution in [3.8, 4) is 0 Å². The van der Waals surface area contributed by atoms with Gasteiger partial charge in [-0.25, -0.2) is 8.42 Å². The predicted octanol–water partition coefficient (Wildman–Crippen LogP) is 0.987. The van der Waals surface area contributed by atoms with E-state index in [4.69, 9.17) is 5.11 Å². The van der Waals surface area contributed by atoms with Gasteiger partial charge in [-0.15, -0.1) is 11.3 Å². The van der Waals surface area contributed by atoms with E-state index in [1.54, 1.807) is 12.3 Å². The van der Waals surface area contributed by atoms with E-state index in [0.29, 0.717) is 19.6 Å². The van der Waals surface area contributed by atoms with Crippen LogP contribution >= 0.6 is 11.3 Å². The lowest BCUT2D eigenvalue weighted by atomic mass is 10.4. The highest BCUT2D eigenvalue weighted by molar-refractivity contribution is 7.89. The fourth-order valence-electron chi connectivity index (χ4n) is 2.39. The van der Waals surface area contributed by atoms with Crippen LogP contribution in [-0.4, -0.2) is 61.4 Å². The maximum atomic E-state index is 12.6. The Kier molecular flexibility index (Phi) is 5.37. The lowest BCUT2D eigenvalue weighted by molar-refractivity contribution is 0.0733. The summed E-state index contributed by atoms with van der Waals surface area (Å²) in [5, 5.41) is 10.6. The van der Waals surface area contributed by atoms with Gasteiger partial charge < -0.3 is 10.0 Å². The minimum absolute atomic E-state index is 0.0933. The number of nitrogens with zero attached hydrogens (tertiary/aromatic N) is 2. The third-order valence-corrected chi connectivity index (χ3v) is 6.52. The lowest BCUT2D eigenvalue weighted by Crippen LogP contribution is -2.35. The Balaban J connectivity index is 2.31. The Hall–Kier alpha value is -0.960. The Morgan fingerprint density at radius 3 is 2.67 bits per heavy atom. The summed E-state index contributed by atoms with van der Waals surface area (Å²) in [7, 11) is -3.59. The van der Waals surface area contributed by atoms with Crippen LogP contribution in [0.25, 0.3) is 0 Å². The van der Waals surface area contributed by atoms with Gasteiger partial charge in [0.05, 0.1) is 6.61 Å². The summed E-state index contributed by atoms with van der Waals surface area (Å²) in [6.45, 7) is 3.33. The SMILES string of the molecule is CCN(CCO)C(=O)c1sccc1S(=O)(=O)N1CCCC1. The molecule has 0 radical (unpaired) electrons. The van der Waals surface area contributed by atoms with Crippen molar-refractivity contribution in [2.45, 2.75) is 24.7 Å². The van der Waals surface area contributed by atoms with Crippen LogP contribution in [0.15, 0.2) is 16.3 Å². The normalized spacial score (nSPS) is 16.3. The molecule has 0 spiro atoms. The number of carbonyl (C=O) groups is 1. The highest BCUT2D eigenvalue weighted by Gasteiger charge is 2.32. The van der Waals surface area contributed by atoms with Crippen LogP contribution in [0.1, 0.15) is 29.4 Å². The van der Waals surface area contributed by atoms with Crippen LogP contribution < -0.4 is 0 Å². The number of hydrogen-bond acceptors (Lipinski definition) is 5. The quantitative estimate of drug-likeness (QED) is 0.842. The third-order valence-electron chi connectivity index (χ3n) is 3.55. The molecule has 1 amide bonds. The molecule has 2 heterocycles. The first-order valence-electron chi connectivity index (χ1n) is 7.00. The van der Waals surface area contributed by atoms with Gasteiger partial charge in [0.15, 0.2) is 0 Å². The predicted molar refractivity (Wildman–Crippen MR) is 81.0 cm³/mol. The summed E-state index contributed by atoms with van der Waals surface area (Å²) in [4.78, 5) is 14.2. The molecule has 1 N–H and O–H groups in total. The van der Waals surface area contributed by atoms with Crippen molar-refractivity contribution in [2.24, 2.45) is 0 Å². The molecule has 0 atom stereocenters. The van der Waals surface area contributed by atoms with Crippen molar-refractivity contribution < 1.29 is 18.3 Å².